The van der Waals surface area contributed by atoms with Gasteiger partial charge in [-0.25, -0.2) is 0 Å². The Morgan fingerprint density at radius 3 is 2.79 bits per heavy atom. The average Bonchev–Trinajstić information content (AvgIpc) is 3.24. The van der Waals surface area contributed by atoms with Crippen LogP contribution < -0.4 is 14.8 Å². The lowest BCUT2D eigenvalue weighted by Gasteiger charge is -2.09. The number of benzene rings is 1. The average molecular weight is 261 g/mol. The van der Waals surface area contributed by atoms with E-state index in [1.54, 1.807) is 6.07 Å². The predicted octanol–water partition coefficient (Wildman–Crippen LogP) is 2.17. The molecule has 4 nitrogen and oxygen atoms in total. The van der Waals surface area contributed by atoms with Crippen LogP contribution in [0, 0.1) is 0 Å². The van der Waals surface area contributed by atoms with Crippen LogP contribution in [0.25, 0.3) is 0 Å². The molecule has 1 heterocycles. The highest BCUT2D eigenvalue weighted by Gasteiger charge is 2.20. The zero-order valence-electron chi connectivity index (χ0n) is 11.0. The zero-order chi connectivity index (χ0) is 13.1. The van der Waals surface area contributed by atoms with E-state index in [2.05, 4.69) is 5.32 Å². The maximum atomic E-state index is 12.1. The van der Waals surface area contributed by atoms with Crippen molar-refractivity contribution in [2.75, 3.05) is 19.8 Å². The highest BCUT2D eigenvalue weighted by molar-refractivity contribution is 5.96. The molecule has 4 heteroatoms. The number of nitrogens with one attached hydrogen (secondary N) is 1. The van der Waals surface area contributed by atoms with E-state index in [9.17, 15) is 4.79 Å². The van der Waals surface area contributed by atoms with Crippen LogP contribution in [-0.4, -0.2) is 31.6 Å². The second-order valence-corrected chi connectivity index (χ2v) is 5.11. The van der Waals surface area contributed by atoms with E-state index in [4.69, 9.17) is 9.47 Å². The molecule has 0 bridgehead atoms. The number of carbonyl (C=O) groups excluding carboxylic acids is 1. The maximum Gasteiger partial charge on any atom is 0.164 e. The Hall–Kier alpha value is -1.55. The number of Topliss-reactive ketones (excluding diaryl/α,β-unsaturated/α-hetero) is 1. The first-order chi connectivity index (χ1) is 9.33. The number of ketones is 1. The van der Waals surface area contributed by atoms with E-state index in [1.165, 1.54) is 12.8 Å². The summed E-state index contributed by atoms with van der Waals surface area (Å²) in [7, 11) is 0. The van der Waals surface area contributed by atoms with Gasteiger partial charge < -0.3 is 14.8 Å². The second-order valence-electron chi connectivity index (χ2n) is 5.11. The van der Waals surface area contributed by atoms with Gasteiger partial charge in [-0.15, -0.1) is 0 Å². The molecule has 0 radical (unpaired) electrons. The SMILES string of the molecule is O=C(CCNC1CC1)c1ccc2c(c1)OCCCO2. The molecule has 0 amide bonds. The highest BCUT2D eigenvalue weighted by atomic mass is 16.5. The van der Waals surface area contributed by atoms with Crippen LogP contribution in [0.3, 0.4) is 0 Å². The minimum Gasteiger partial charge on any atom is -0.490 e. The van der Waals surface area contributed by atoms with Crippen LogP contribution in [-0.2, 0) is 0 Å². The summed E-state index contributed by atoms with van der Waals surface area (Å²) in [6, 6.07) is 6.12. The van der Waals surface area contributed by atoms with Gasteiger partial charge in [-0.05, 0) is 31.0 Å². The van der Waals surface area contributed by atoms with Gasteiger partial charge >= 0.3 is 0 Å². The van der Waals surface area contributed by atoms with Gasteiger partial charge in [0, 0.05) is 31.0 Å². The van der Waals surface area contributed by atoms with Gasteiger partial charge in [-0.1, -0.05) is 0 Å². The largest absolute Gasteiger partial charge is 0.490 e. The fraction of sp³-hybridized carbons (Fsp3) is 0.533. The molecule has 1 aliphatic carbocycles. The van der Waals surface area contributed by atoms with E-state index in [0.717, 1.165) is 18.7 Å². The predicted molar refractivity (Wildman–Crippen MR) is 72.0 cm³/mol. The summed E-state index contributed by atoms with van der Waals surface area (Å²) < 4.78 is 11.2. The summed E-state index contributed by atoms with van der Waals surface area (Å²) in [5, 5.41) is 3.35. The molecule has 2 aliphatic rings. The Balaban J connectivity index is 1.62. The Morgan fingerprint density at radius 1 is 1.21 bits per heavy atom. The van der Waals surface area contributed by atoms with Crippen molar-refractivity contribution in [3.63, 3.8) is 0 Å². The van der Waals surface area contributed by atoms with E-state index in [0.29, 0.717) is 37.0 Å². The molecule has 0 atom stereocenters. The number of hydrogen-bond acceptors (Lipinski definition) is 4. The smallest absolute Gasteiger partial charge is 0.164 e. The molecule has 0 aromatic heterocycles. The lowest BCUT2D eigenvalue weighted by molar-refractivity contribution is 0.0982. The van der Waals surface area contributed by atoms with Crippen molar-refractivity contribution >= 4 is 5.78 Å². The van der Waals surface area contributed by atoms with Gasteiger partial charge in [-0.2, -0.15) is 0 Å². The van der Waals surface area contributed by atoms with E-state index in [1.807, 2.05) is 12.1 Å². The van der Waals surface area contributed by atoms with Crippen LogP contribution in [0.2, 0.25) is 0 Å². The molecule has 0 saturated heterocycles. The molecule has 1 saturated carbocycles. The summed E-state index contributed by atoms with van der Waals surface area (Å²) in [5.41, 5.74) is 0.710. The van der Waals surface area contributed by atoms with Gasteiger partial charge in [0.25, 0.3) is 0 Å². The van der Waals surface area contributed by atoms with E-state index >= 15 is 0 Å². The third-order valence-corrected chi connectivity index (χ3v) is 3.43. The topological polar surface area (TPSA) is 47.6 Å². The number of ether oxygens (including phenoxy) is 2. The molecular weight excluding hydrogens is 242 g/mol. The second kappa shape index (κ2) is 5.61. The molecule has 3 rings (SSSR count). The summed E-state index contributed by atoms with van der Waals surface area (Å²) in [6.07, 6.45) is 3.91. The Bertz CT molecular complexity index is 468. The number of rotatable bonds is 5. The van der Waals surface area contributed by atoms with Crippen LogP contribution in [0.5, 0.6) is 11.5 Å². The number of fused-ring (bicyclic) bond motifs is 1. The van der Waals surface area contributed by atoms with Crippen molar-refractivity contribution in [1.29, 1.82) is 0 Å². The van der Waals surface area contributed by atoms with Crippen molar-refractivity contribution in [3.05, 3.63) is 23.8 Å². The molecule has 1 fully saturated rings. The van der Waals surface area contributed by atoms with Gasteiger partial charge in [0.1, 0.15) is 0 Å². The molecular formula is C15H19NO3. The molecule has 1 aliphatic heterocycles. The van der Waals surface area contributed by atoms with Crippen molar-refractivity contribution in [3.8, 4) is 11.5 Å². The van der Waals surface area contributed by atoms with Gasteiger partial charge in [0.05, 0.1) is 13.2 Å². The lowest BCUT2D eigenvalue weighted by Crippen LogP contribution is -2.20. The summed E-state index contributed by atoms with van der Waals surface area (Å²) in [5.74, 6) is 1.59. The first kappa shape index (κ1) is 12.5. The molecule has 19 heavy (non-hydrogen) atoms. The fourth-order valence-electron chi connectivity index (χ4n) is 2.16. The first-order valence-corrected chi connectivity index (χ1v) is 6.99. The van der Waals surface area contributed by atoms with Crippen molar-refractivity contribution in [2.24, 2.45) is 0 Å². The van der Waals surface area contributed by atoms with Crippen LogP contribution >= 0.6 is 0 Å². The first-order valence-electron chi connectivity index (χ1n) is 6.99. The Labute approximate surface area is 113 Å². The van der Waals surface area contributed by atoms with Crippen LogP contribution in [0.15, 0.2) is 18.2 Å². The fourth-order valence-corrected chi connectivity index (χ4v) is 2.16. The van der Waals surface area contributed by atoms with Gasteiger partial charge in [0.2, 0.25) is 0 Å². The van der Waals surface area contributed by atoms with Crippen LogP contribution in [0.4, 0.5) is 0 Å². The van der Waals surface area contributed by atoms with Gasteiger partial charge in [0.15, 0.2) is 17.3 Å². The molecule has 1 N–H and O–H groups in total. The van der Waals surface area contributed by atoms with Crippen molar-refractivity contribution in [2.45, 2.75) is 31.7 Å². The van der Waals surface area contributed by atoms with Crippen molar-refractivity contribution < 1.29 is 14.3 Å². The van der Waals surface area contributed by atoms with Gasteiger partial charge in [-0.3, -0.25) is 4.79 Å². The third-order valence-electron chi connectivity index (χ3n) is 3.43. The maximum absolute atomic E-state index is 12.1. The lowest BCUT2D eigenvalue weighted by atomic mass is 10.1. The minimum absolute atomic E-state index is 0.156. The Kier molecular flexibility index (Phi) is 3.69. The Morgan fingerprint density at radius 2 is 2.00 bits per heavy atom. The normalized spacial score (nSPS) is 17.9. The van der Waals surface area contributed by atoms with Crippen molar-refractivity contribution in [1.82, 2.24) is 5.32 Å². The monoisotopic (exact) mass is 261 g/mol. The standard InChI is InChI=1S/C15H19NO3/c17-13(6-7-16-12-3-4-12)11-2-5-14-15(10-11)19-9-1-8-18-14/h2,5,10,12,16H,1,3-4,6-9H2. The number of hydrogen-bond donors (Lipinski definition) is 1. The zero-order valence-corrected chi connectivity index (χ0v) is 11.0. The molecule has 1 aromatic carbocycles. The minimum atomic E-state index is 0.156. The molecule has 102 valence electrons. The summed E-state index contributed by atoms with van der Waals surface area (Å²) in [4.78, 5) is 12.1. The van der Waals surface area contributed by atoms with E-state index < -0.39 is 0 Å². The van der Waals surface area contributed by atoms with Crippen LogP contribution in [0.1, 0.15) is 36.0 Å². The van der Waals surface area contributed by atoms with E-state index in [-0.39, 0.29) is 5.78 Å². The molecule has 0 spiro atoms. The molecule has 0 unspecified atom stereocenters. The summed E-state index contributed by atoms with van der Waals surface area (Å²) in [6.45, 7) is 2.08. The third kappa shape index (κ3) is 3.26. The molecule has 1 aromatic rings. The quantitative estimate of drug-likeness (QED) is 0.825. The number of carbonyl (C=O) groups is 1. The summed E-state index contributed by atoms with van der Waals surface area (Å²) >= 11 is 0. The highest BCUT2D eigenvalue weighted by Crippen LogP contribution is 2.30.